The molecular formula is C28H40O11. The van der Waals surface area contributed by atoms with E-state index in [1.54, 1.807) is 6.07 Å². The smallest absolute Gasteiger partial charge is 0.126 e. The first-order valence-corrected chi connectivity index (χ1v) is 13.2. The van der Waals surface area contributed by atoms with Gasteiger partial charge in [-0.2, -0.15) is 0 Å². The Bertz CT molecular complexity index is 811. The minimum Gasteiger partial charge on any atom is -0.508 e. The Labute approximate surface area is 229 Å². The maximum Gasteiger partial charge on any atom is 0.126 e. The minimum absolute atomic E-state index is 0.0552. The molecule has 0 fully saturated rings. The van der Waals surface area contributed by atoms with Crippen molar-refractivity contribution in [1.82, 2.24) is 0 Å². The van der Waals surface area contributed by atoms with Gasteiger partial charge < -0.3 is 52.5 Å². The molecule has 0 amide bonds. The van der Waals surface area contributed by atoms with Crippen LogP contribution in [0.25, 0.3) is 0 Å². The van der Waals surface area contributed by atoms with Crippen molar-refractivity contribution in [3.63, 3.8) is 0 Å². The van der Waals surface area contributed by atoms with E-state index in [1.165, 1.54) is 12.1 Å². The fourth-order valence-electron chi connectivity index (χ4n) is 3.31. The first-order chi connectivity index (χ1) is 19.3. The molecule has 2 aliphatic heterocycles. The lowest BCUT2D eigenvalue weighted by molar-refractivity contribution is 0.00480. The first-order valence-electron chi connectivity index (χ1n) is 13.2. The summed E-state index contributed by atoms with van der Waals surface area (Å²) in [7, 11) is 0. The summed E-state index contributed by atoms with van der Waals surface area (Å²) in [5.41, 5.74) is 0. The van der Waals surface area contributed by atoms with Crippen LogP contribution in [-0.4, -0.2) is 111 Å². The second-order valence-corrected chi connectivity index (χ2v) is 8.20. The normalized spacial score (nSPS) is 19.0. The van der Waals surface area contributed by atoms with Crippen LogP contribution < -0.4 is 18.9 Å². The van der Waals surface area contributed by atoms with Gasteiger partial charge in [0.05, 0.1) is 79.3 Å². The second kappa shape index (κ2) is 20.2. The summed E-state index contributed by atoms with van der Waals surface area (Å²) in [5, 5.41) is 9.93. The largest absolute Gasteiger partial charge is 0.508 e. The van der Waals surface area contributed by atoms with Gasteiger partial charge in [0.2, 0.25) is 0 Å². The number of phenols is 1. The van der Waals surface area contributed by atoms with Crippen LogP contribution in [0.1, 0.15) is 0 Å². The Hall–Kier alpha value is -2.80. The molecule has 39 heavy (non-hydrogen) atoms. The SMILES string of the molecule is Oc1cc2cc(c1)OCCOCCOCCOCCOc1ccc(cc1)OCCOCCOCCOCCO2. The molecule has 0 unspecified atom stereocenters. The quantitative estimate of drug-likeness (QED) is 0.487. The molecule has 0 aliphatic carbocycles. The summed E-state index contributed by atoms with van der Waals surface area (Å²) in [6, 6.07) is 12.2. The predicted octanol–water partition coefficient (Wildman–Crippen LogP) is 2.72. The summed E-state index contributed by atoms with van der Waals surface area (Å²) in [6.45, 7) is 6.94. The monoisotopic (exact) mass is 552 g/mol. The third kappa shape index (κ3) is 14.8. The van der Waals surface area contributed by atoms with Gasteiger partial charge in [-0.05, 0) is 24.3 Å². The highest BCUT2D eigenvalue weighted by Gasteiger charge is 2.04. The summed E-state index contributed by atoms with van der Waals surface area (Å²) in [4.78, 5) is 0. The minimum atomic E-state index is 0.0552. The third-order valence-corrected chi connectivity index (χ3v) is 5.16. The van der Waals surface area contributed by atoms with E-state index in [0.717, 1.165) is 11.5 Å². The molecule has 0 radical (unpaired) electrons. The number of fused-ring (bicyclic) bond motifs is 26. The van der Waals surface area contributed by atoms with Gasteiger partial charge in [-0.25, -0.2) is 0 Å². The Morgan fingerprint density at radius 2 is 0.590 bits per heavy atom. The van der Waals surface area contributed by atoms with Crippen molar-refractivity contribution in [2.24, 2.45) is 0 Å². The van der Waals surface area contributed by atoms with E-state index in [2.05, 4.69) is 0 Å². The molecule has 0 spiro atoms. The van der Waals surface area contributed by atoms with E-state index in [9.17, 15) is 5.11 Å². The van der Waals surface area contributed by atoms with Crippen LogP contribution in [0.5, 0.6) is 28.7 Å². The fourth-order valence-corrected chi connectivity index (χ4v) is 3.31. The molecule has 2 aliphatic rings. The number of aromatic hydroxyl groups is 1. The van der Waals surface area contributed by atoms with E-state index in [-0.39, 0.29) is 5.75 Å². The number of phenolic OH excluding ortho intramolecular Hbond substituents is 1. The van der Waals surface area contributed by atoms with Gasteiger partial charge in [0.15, 0.2) is 0 Å². The third-order valence-electron chi connectivity index (χ3n) is 5.16. The van der Waals surface area contributed by atoms with Gasteiger partial charge in [0, 0.05) is 18.2 Å². The van der Waals surface area contributed by atoms with E-state index in [1.807, 2.05) is 24.3 Å². The van der Waals surface area contributed by atoms with Crippen molar-refractivity contribution in [1.29, 1.82) is 0 Å². The Kier molecular flexibility index (Phi) is 15.9. The van der Waals surface area contributed by atoms with Gasteiger partial charge in [0.1, 0.15) is 55.2 Å². The highest BCUT2D eigenvalue weighted by Crippen LogP contribution is 2.26. The molecule has 0 aromatic heterocycles. The number of rotatable bonds is 0. The van der Waals surface area contributed by atoms with Crippen molar-refractivity contribution in [3.05, 3.63) is 42.5 Å². The lowest BCUT2D eigenvalue weighted by Gasteiger charge is -2.11. The molecular weight excluding hydrogens is 512 g/mol. The maximum absolute atomic E-state index is 9.93. The van der Waals surface area contributed by atoms with Gasteiger partial charge in [-0.1, -0.05) is 0 Å². The fraction of sp³-hybridized carbons (Fsp3) is 0.571. The van der Waals surface area contributed by atoms with Crippen LogP contribution in [-0.2, 0) is 28.4 Å². The molecule has 2 aromatic carbocycles. The number of ether oxygens (including phenoxy) is 10. The van der Waals surface area contributed by atoms with Crippen molar-refractivity contribution >= 4 is 0 Å². The zero-order valence-electron chi connectivity index (χ0n) is 22.4. The lowest BCUT2D eigenvalue weighted by Crippen LogP contribution is -2.14. The van der Waals surface area contributed by atoms with E-state index < -0.39 is 0 Å². The summed E-state index contributed by atoms with van der Waals surface area (Å²) in [6.07, 6.45) is 0. The van der Waals surface area contributed by atoms with Crippen LogP contribution >= 0.6 is 0 Å². The molecule has 218 valence electrons. The number of hydrogen-bond donors (Lipinski definition) is 1. The van der Waals surface area contributed by atoms with E-state index in [4.69, 9.17) is 47.4 Å². The van der Waals surface area contributed by atoms with E-state index in [0.29, 0.717) is 117 Å². The molecule has 2 aromatic rings. The van der Waals surface area contributed by atoms with Crippen LogP contribution in [0.4, 0.5) is 0 Å². The highest BCUT2D eigenvalue weighted by molar-refractivity contribution is 5.41. The molecule has 4 rings (SSSR count). The maximum atomic E-state index is 9.93. The summed E-state index contributed by atoms with van der Waals surface area (Å²) in [5.74, 6) is 2.54. The Balaban J connectivity index is 1.35. The molecule has 4 bridgehead atoms. The van der Waals surface area contributed by atoms with Crippen molar-refractivity contribution in [3.8, 4) is 28.7 Å². The predicted molar refractivity (Wildman–Crippen MR) is 141 cm³/mol. The Morgan fingerprint density at radius 3 is 0.897 bits per heavy atom. The standard InChI is InChI=1S/C28H40O11/c29-24-21-27-23-28(22-24)39-20-16-35-12-8-31-6-10-33-14-18-37-26-2-1-25(3-4-26)36-17-13-32-9-5-30-7-11-34-15-19-38-27/h1-4,21-23,29H,5-20H2. The topological polar surface area (TPSA) is 113 Å². The van der Waals surface area contributed by atoms with E-state index >= 15 is 0 Å². The molecule has 0 saturated heterocycles. The lowest BCUT2D eigenvalue weighted by atomic mass is 10.3. The zero-order valence-corrected chi connectivity index (χ0v) is 22.4. The molecule has 11 nitrogen and oxygen atoms in total. The molecule has 2 heterocycles. The van der Waals surface area contributed by atoms with Crippen molar-refractivity contribution < 1.29 is 52.5 Å². The van der Waals surface area contributed by atoms with Gasteiger partial charge in [-0.3, -0.25) is 0 Å². The Morgan fingerprint density at radius 1 is 0.333 bits per heavy atom. The molecule has 0 saturated carbocycles. The first kappa shape index (κ1) is 30.7. The second-order valence-electron chi connectivity index (χ2n) is 8.20. The average Bonchev–Trinajstić information content (AvgIpc) is 2.94. The van der Waals surface area contributed by atoms with Gasteiger partial charge >= 0.3 is 0 Å². The summed E-state index contributed by atoms with van der Waals surface area (Å²) < 4.78 is 55.7. The van der Waals surface area contributed by atoms with Crippen LogP contribution in [0.3, 0.4) is 0 Å². The molecule has 11 heteroatoms. The highest BCUT2D eigenvalue weighted by atomic mass is 16.6. The number of hydrogen-bond acceptors (Lipinski definition) is 11. The molecule has 0 atom stereocenters. The van der Waals surface area contributed by atoms with Gasteiger partial charge in [0.25, 0.3) is 0 Å². The van der Waals surface area contributed by atoms with Crippen molar-refractivity contribution in [2.45, 2.75) is 0 Å². The van der Waals surface area contributed by atoms with Gasteiger partial charge in [-0.15, -0.1) is 0 Å². The number of benzene rings is 2. The summed E-state index contributed by atoms with van der Waals surface area (Å²) >= 11 is 0. The van der Waals surface area contributed by atoms with Crippen LogP contribution in [0.2, 0.25) is 0 Å². The van der Waals surface area contributed by atoms with Crippen LogP contribution in [0.15, 0.2) is 42.5 Å². The zero-order chi connectivity index (χ0) is 27.2. The van der Waals surface area contributed by atoms with Crippen molar-refractivity contribution in [2.75, 3.05) is 106 Å². The van der Waals surface area contributed by atoms with Crippen LogP contribution in [0, 0.1) is 0 Å². The average molecular weight is 553 g/mol. The molecule has 1 N–H and O–H groups in total.